The fourth-order valence-corrected chi connectivity index (χ4v) is 4.20. The van der Waals surface area contributed by atoms with Gasteiger partial charge in [0, 0.05) is 12.1 Å². The topological polar surface area (TPSA) is 61.2 Å². The minimum absolute atomic E-state index is 0.0249. The molecular weight excluding hydrogens is 272 g/mol. The highest BCUT2D eigenvalue weighted by Gasteiger charge is 2.41. The zero-order valence-corrected chi connectivity index (χ0v) is 12.9. The minimum Gasteiger partial charge on any atom is -0.207 e. The summed E-state index contributed by atoms with van der Waals surface area (Å²) in [7, 11) is -3.48. The van der Waals surface area contributed by atoms with E-state index in [-0.39, 0.29) is 22.9 Å². The van der Waals surface area contributed by atoms with Crippen molar-refractivity contribution in [1.29, 1.82) is 5.26 Å². The molecule has 1 aromatic carbocycles. The SMILES string of the molecule is CC(C)[C@H](C)N(C1CC1)S(=O)(=O)c1ccc(C#N)cc1. The third-order valence-corrected chi connectivity index (χ3v) is 5.89. The lowest BCUT2D eigenvalue weighted by Crippen LogP contribution is -2.42. The van der Waals surface area contributed by atoms with Crippen molar-refractivity contribution in [1.82, 2.24) is 4.31 Å². The quantitative estimate of drug-likeness (QED) is 0.838. The van der Waals surface area contributed by atoms with Crippen molar-refractivity contribution in [3.8, 4) is 6.07 Å². The van der Waals surface area contributed by atoms with Crippen LogP contribution < -0.4 is 0 Å². The van der Waals surface area contributed by atoms with Crippen molar-refractivity contribution in [3.63, 3.8) is 0 Å². The third-order valence-electron chi connectivity index (χ3n) is 3.83. The molecule has 1 saturated carbocycles. The average molecular weight is 292 g/mol. The van der Waals surface area contributed by atoms with Crippen LogP contribution in [0.2, 0.25) is 0 Å². The van der Waals surface area contributed by atoms with Gasteiger partial charge in [-0.1, -0.05) is 13.8 Å². The summed E-state index contributed by atoms with van der Waals surface area (Å²) in [6.07, 6.45) is 1.87. The zero-order chi connectivity index (χ0) is 14.9. The number of hydrogen-bond acceptors (Lipinski definition) is 3. The lowest BCUT2D eigenvalue weighted by molar-refractivity contribution is 0.269. The van der Waals surface area contributed by atoms with E-state index in [0.29, 0.717) is 5.56 Å². The first-order valence-corrected chi connectivity index (χ1v) is 8.35. The molecule has 0 spiro atoms. The van der Waals surface area contributed by atoms with Gasteiger partial charge in [-0.25, -0.2) is 8.42 Å². The number of hydrogen-bond donors (Lipinski definition) is 0. The summed E-state index contributed by atoms with van der Waals surface area (Å²) in [5.74, 6) is 0.267. The molecule has 0 heterocycles. The highest BCUT2D eigenvalue weighted by Crippen LogP contribution is 2.35. The largest absolute Gasteiger partial charge is 0.243 e. The van der Waals surface area contributed by atoms with Crippen LogP contribution in [0.25, 0.3) is 0 Å². The van der Waals surface area contributed by atoms with E-state index in [0.717, 1.165) is 12.8 Å². The number of benzene rings is 1. The highest BCUT2D eigenvalue weighted by molar-refractivity contribution is 7.89. The van der Waals surface area contributed by atoms with Gasteiger partial charge < -0.3 is 0 Å². The molecule has 1 fully saturated rings. The normalized spacial score (nSPS) is 17.2. The van der Waals surface area contributed by atoms with Crippen molar-refractivity contribution in [3.05, 3.63) is 29.8 Å². The van der Waals surface area contributed by atoms with E-state index >= 15 is 0 Å². The Labute approximate surface area is 121 Å². The first-order valence-electron chi connectivity index (χ1n) is 6.91. The van der Waals surface area contributed by atoms with Gasteiger partial charge in [-0.05, 0) is 49.9 Å². The van der Waals surface area contributed by atoms with Gasteiger partial charge in [-0.15, -0.1) is 0 Å². The molecule has 0 amide bonds. The molecule has 5 heteroatoms. The Morgan fingerprint density at radius 3 is 2.15 bits per heavy atom. The molecule has 0 saturated heterocycles. The second-order valence-electron chi connectivity index (χ2n) is 5.69. The molecule has 0 aromatic heterocycles. The predicted octanol–water partition coefficient (Wildman–Crippen LogP) is 2.76. The number of rotatable bonds is 5. The number of nitriles is 1. The van der Waals surface area contributed by atoms with Gasteiger partial charge in [-0.2, -0.15) is 9.57 Å². The van der Waals surface area contributed by atoms with Gasteiger partial charge >= 0.3 is 0 Å². The molecule has 1 aliphatic carbocycles. The molecular formula is C15H20N2O2S. The number of nitrogens with zero attached hydrogens (tertiary/aromatic N) is 2. The first-order chi connectivity index (χ1) is 9.37. The van der Waals surface area contributed by atoms with Crippen molar-refractivity contribution in [2.24, 2.45) is 5.92 Å². The van der Waals surface area contributed by atoms with E-state index in [1.807, 2.05) is 26.8 Å². The van der Waals surface area contributed by atoms with Crippen LogP contribution in [-0.2, 0) is 10.0 Å². The summed E-state index contributed by atoms with van der Waals surface area (Å²) in [6.45, 7) is 6.03. The molecule has 1 aromatic rings. The van der Waals surface area contributed by atoms with Crippen molar-refractivity contribution < 1.29 is 8.42 Å². The molecule has 1 aliphatic rings. The summed E-state index contributed by atoms with van der Waals surface area (Å²) in [5.41, 5.74) is 0.471. The second kappa shape index (κ2) is 5.55. The Balaban J connectivity index is 2.37. The van der Waals surface area contributed by atoms with Crippen LogP contribution >= 0.6 is 0 Å². The molecule has 2 rings (SSSR count). The molecule has 20 heavy (non-hydrogen) atoms. The van der Waals surface area contributed by atoms with E-state index in [4.69, 9.17) is 5.26 Å². The van der Waals surface area contributed by atoms with Crippen LogP contribution in [0.1, 0.15) is 39.2 Å². The molecule has 0 aliphatic heterocycles. The third kappa shape index (κ3) is 2.87. The Morgan fingerprint density at radius 2 is 1.75 bits per heavy atom. The Bertz CT molecular complexity index is 610. The van der Waals surface area contributed by atoms with Crippen molar-refractivity contribution in [2.45, 2.75) is 50.6 Å². The van der Waals surface area contributed by atoms with E-state index < -0.39 is 10.0 Å². The standard InChI is InChI=1S/C15H20N2O2S/c1-11(2)12(3)17(14-6-7-14)20(18,19)15-8-4-13(10-16)5-9-15/h4-5,8-9,11-12,14H,6-7H2,1-3H3/t12-/m0/s1. The van der Waals surface area contributed by atoms with Gasteiger partial charge in [0.1, 0.15) is 0 Å². The molecule has 0 radical (unpaired) electrons. The minimum atomic E-state index is -3.48. The van der Waals surface area contributed by atoms with Gasteiger partial charge in [-0.3, -0.25) is 0 Å². The maximum Gasteiger partial charge on any atom is 0.243 e. The van der Waals surface area contributed by atoms with Gasteiger partial charge in [0.2, 0.25) is 10.0 Å². The van der Waals surface area contributed by atoms with E-state index in [1.165, 1.54) is 12.1 Å². The van der Waals surface area contributed by atoms with E-state index in [2.05, 4.69) is 0 Å². The van der Waals surface area contributed by atoms with Crippen molar-refractivity contribution >= 4 is 10.0 Å². The van der Waals surface area contributed by atoms with Crippen LogP contribution in [0.4, 0.5) is 0 Å². The zero-order valence-electron chi connectivity index (χ0n) is 12.1. The van der Waals surface area contributed by atoms with Gasteiger partial charge in [0.25, 0.3) is 0 Å². The molecule has 0 bridgehead atoms. The van der Waals surface area contributed by atoms with E-state index in [1.54, 1.807) is 16.4 Å². The lowest BCUT2D eigenvalue weighted by Gasteiger charge is -2.31. The monoisotopic (exact) mass is 292 g/mol. The maximum atomic E-state index is 12.8. The number of sulfonamides is 1. The van der Waals surface area contributed by atoms with Gasteiger partial charge in [0.15, 0.2) is 0 Å². The van der Waals surface area contributed by atoms with Crippen LogP contribution in [0.15, 0.2) is 29.2 Å². The Hall–Kier alpha value is -1.38. The van der Waals surface area contributed by atoms with Crippen LogP contribution in [0, 0.1) is 17.2 Å². The first kappa shape index (κ1) is 15.0. The fraction of sp³-hybridized carbons (Fsp3) is 0.533. The molecule has 1 atom stereocenters. The fourth-order valence-electron chi connectivity index (χ4n) is 2.19. The second-order valence-corrected chi connectivity index (χ2v) is 7.53. The van der Waals surface area contributed by atoms with Crippen LogP contribution in [0.5, 0.6) is 0 Å². The van der Waals surface area contributed by atoms with Crippen LogP contribution in [-0.4, -0.2) is 24.8 Å². The van der Waals surface area contributed by atoms with Gasteiger partial charge in [0.05, 0.1) is 16.5 Å². The van der Waals surface area contributed by atoms with E-state index in [9.17, 15) is 8.42 Å². The molecule has 4 nitrogen and oxygen atoms in total. The maximum absolute atomic E-state index is 12.8. The Kier molecular flexibility index (Phi) is 4.17. The lowest BCUT2D eigenvalue weighted by atomic mass is 10.1. The van der Waals surface area contributed by atoms with Crippen LogP contribution in [0.3, 0.4) is 0 Å². The summed E-state index contributed by atoms with van der Waals surface area (Å²) in [4.78, 5) is 0.274. The predicted molar refractivity (Wildman–Crippen MR) is 77.5 cm³/mol. The molecule has 108 valence electrons. The summed E-state index contributed by atoms with van der Waals surface area (Å²) in [5, 5.41) is 8.79. The van der Waals surface area contributed by atoms with Crippen molar-refractivity contribution in [2.75, 3.05) is 0 Å². The summed E-state index contributed by atoms with van der Waals surface area (Å²) >= 11 is 0. The average Bonchev–Trinajstić information content (AvgIpc) is 3.23. The highest BCUT2D eigenvalue weighted by atomic mass is 32.2. The smallest absolute Gasteiger partial charge is 0.207 e. The summed E-state index contributed by atoms with van der Waals surface area (Å²) in [6, 6.07) is 8.27. The Morgan fingerprint density at radius 1 is 1.20 bits per heavy atom. The summed E-state index contributed by atoms with van der Waals surface area (Å²) < 4.78 is 27.3. The molecule has 0 unspecified atom stereocenters. The molecule has 0 N–H and O–H groups in total.